The lowest BCUT2D eigenvalue weighted by Gasteiger charge is -2.07. The normalized spacial score (nSPS) is 11.1. The van der Waals surface area contributed by atoms with Crippen molar-refractivity contribution in [3.8, 4) is 0 Å². The van der Waals surface area contributed by atoms with E-state index in [1.807, 2.05) is 0 Å². The van der Waals surface area contributed by atoms with Gasteiger partial charge < -0.3 is 5.32 Å². The Morgan fingerprint density at radius 1 is 1.04 bits per heavy atom. The summed E-state index contributed by atoms with van der Waals surface area (Å²) in [4.78, 5) is 23.6. The predicted molar refractivity (Wildman–Crippen MR) is 86.6 cm³/mol. The molecule has 0 heterocycles. The van der Waals surface area contributed by atoms with Gasteiger partial charge >= 0.3 is 0 Å². The molecule has 0 unspecified atom stereocenters. The fraction of sp³-hybridized carbons (Fsp3) is 0.118. The quantitative estimate of drug-likeness (QED) is 0.643. The largest absolute Gasteiger partial charge is 0.323 e. The molecule has 0 spiro atoms. The third-order valence-corrected chi connectivity index (χ3v) is 3.09. The van der Waals surface area contributed by atoms with Crippen LogP contribution in [0.4, 0.5) is 18.9 Å². The third-order valence-electron chi connectivity index (χ3n) is 3.09. The lowest BCUT2D eigenvalue weighted by atomic mass is 10.2. The van der Waals surface area contributed by atoms with Crippen LogP contribution in [-0.2, 0) is 4.79 Å². The highest BCUT2D eigenvalue weighted by Crippen LogP contribution is 2.15. The summed E-state index contributed by atoms with van der Waals surface area (Å²) in [5.74, 6) is -3.73. The monoisotopic (exact) mass is 349 g/mol. The first kappa shape index (κ1) is 18.2. The Hall–Kier alpha value is -3.16. The van der Waals surface area contributed by atoms with E-state index in [1.165, 1.54) is 25.1 Å². The van der Waals surface area contributed by atoms with E-state index in [1.54, 1.807) is 0 Å². The van der Waals surface area contributed by atoms with Crippen LogP contribution in [0.25, 0.3) is 0 Å². The number of hydrogen-bond acceptors (Lipinski definition) is 3. The van der Waals surface area contributed by atoms with Crippen LogP contribution < -0.4 is 10.7 Å². The maximum Gasteiger partial charge on any atom is 0.274 e. The van der Waals surface area contributed by atoms with Crippen LogP contribution in [-0.4, -0.2) is 17.5 Å². The van der Waals surface area contributed by atoms with Gasteiger partial charge in [-0.2, -0.15) is 5.10 Å². The van der Waals surface area contributed by atoms with Crippen molar-refractivity contribution in [2.45, 2.75) is 13.3 Å². The van der Waals surface area contributed by atoms with Gasteiger partial charge in [0.05, 0.1) is 17.7 Å². The van der Waals surface area contributed by atoms with E-state index in [2.05, 4.69) is 15.8 Å². The Morgan fingerprint density at radius 3 is 2.44 bits per heavy atom. The highest BCUT2D eigenvalue weighted by Gasteiger charge is 2.11. The molecule has 0 aliphatic rings. The van der Waals surface area contributed by atoms with E-state index in [-0.39, 0.29) is 23.4 Å². The Bertz CT molecular complexity index is 838. The molecular formula is C17H14F3N3O2. The van der Waals surface area contributed by atoms with Gasteiger partial charge in [-0.25, -0.2) is 18.6 Å². The number of benzene rings is 2. The lowest BCUT2D eigenvalue weighted by Crippen LogP contribution is -2.22. The molecule has 2 aromatic rings. The zero-order valence-corrected chi connectivity index (χ0v) is 13.1. The molecule has 2 rings (SSSR count). The van der Waals surface area contributed by atoms with E-state index >= 15 is 0 Å². The molecule has 0 radical (unpaired) electrons. The molecule has 2 amide bonds. The van der Waals surface area contributed by atoms with Gasteiger partial charge in [-0.15, -0.1) is 0 Å². The average molecular weight is 349 g/mol. The number of hydrazone groups is 1. The van der Waals surface area contributed by atoms with Gasteiger partial charge in [-0.05, 0) is 31.2 Å². The number of nitrogens with zero attached hydrogens (tertiary/aromatic N) is 1. The number of anilines is 1. The van der Waals surface area contributed by atoms with Crippen molar-refractivity contribution < 1.29 is 22.8 Å². The van der Waals surface area contributed by atoms with E-state index in [0.29, 0.717) is 6.07 Å². The molecule has 0 saturated heterocycles. The van der Waals surface area contributed by atoms with Gasteiger partial charge in [0.15, 0.2) is 0 Å². The minimum Gasteiger partial charge on any atom is -0.323 e. The molecule has 5 nitrogen and oxygen atoms in total. The second kappa shape index (κ2) is 8.09. The molecule has 2 N–H and O–H groups in total. The number of carbonyl (C=O) groups excluding carboxylic acids is 2. The van der Waals surface area contributed by atoms with E-state index in [9.17, 15) is 22.8 Å². The smallest absolute Gasteiger partial charge is 0.274 e. The molecule has 0 saturated carbocycles. The summed E-state index contributed by atoms with van der Waals surface area (Å²) in [6.45, 7) is 1.46. The molecule has 0 aromatic heterocycles. The Balaban J connectivity index is 1.93. The van der Waals surface area contributed by atoms with Crippen LogP contribution in [0.5, 0.6) is 0 Å². The molecule has 25 heavy (non-hydrogen) atoms. The van der Waals surface area contributed by atoms with Gasteiger partial charge in [-0.1, -0.05) is 12.1 Å². The van der Waals surface area contributed by atoms with Crippen LogP contribution in [0.2, 0.25) is 0 Å². The zero-order valence-electron chi connectivity index (χ0n) is 13.1. The van der Waals surface area contributed by atoms with Crippen molar-refractivity contribution in [2.75, 3.05) is 5.32 Å². The minimum atomic E-state index is -0.907. The van der Waals surface area contributed by atoms with E-state index < -0.39 is 29.3 Å². The average Bonchev–Trinajstić information content (AvgIpc) is 2.55. The SMILES string of the molecule is C/C(CC(=O)Nc1ccc(F)cc1F)=N\NC(=O)c1ccccc1F. The number of nitrogens with one attached hydrogen (secondary N) is 2. The second-order valence-corrected chi connectivity index (χ2v) is 5.12. The van der Waals surface area contributed by atoms with Crippen LogP contribution >= 0.6 is 0 Å². The van der Waals surface area contributed by atoms with Crippen molar-refractivity contribution in [3.05, 3.63) is 65.5 Å². The number of carbonyl (C=O) groups is 2. The molecule has 8 heteroatoms. The van der Waals surface area contributed by atoms with Crippen LogP contribution in [0.3, 0.4) is 0 Å². The summed E-state index contributed by atoms with van der Waals surface area (Å²) in [5, 5.41) is 5.96. The van der Waals surface area contributed by atoms with Gasteiger partial charge in [0.2, 0.25) is 5.91 Å². The molecule has 0 aliphatic carbocycles. The molecule has 2 aromatic carbocycles. The van der Waals surface area contributed by atoms with E-state index in [4.69, 9.17) is 0 Å². The van der Waals surface area contributed by atoms with Crippen LogP contribution in [0, 0.1) is 17.5 Å². The van der Waals surface area contributed by atoms with Crippen molar-refractivity contribution in [3.63, 3.8) is 0 Å². The van der Waals surface area contributed by atoms with Gasteiger partial charge in [0.25, 0.3) is 5.91 Å². The first-order valence-electron chi connectivity index (χ1n) is 7.19. The fourth-order valence-electron chi connectivity index (χ4n) is 1.91. The molecular weight excluding hydrogens is 335 g/mol. The first-order chi connectivity index (χ1) is 11.9. The van der Waals surface area contributed by atoms with Crippen molar-refractivity contribution >= 4 is 23.2 Å². The van der Waals surface area contributed by atoms with Gasteiger partial charge in [0.1, 0.15) is 17.5 Å². The molecule has 0 aliphatic heterocycles. The van der Waals surface area contributed by atoms with Crippen molar-refractivity contribution in [1.29, 1.82) is 0 Å². The minimum absolute atomic E-state index is 0.172. The number of halogens is 3. The Morgan fingerprint density at radius 2 is 1.76 bits per heavy atom. The first-order valence-corrected chi connectivity index (χ1v) is 7.19. The van der Waals surface area contributed by atoms with Gasteiger partial charge in [-0.3, -0.25) is 9.59 Å². The fourth-order valence-corrected chi connectivity index (χ4v) is 1.91. The van der Waals surface area contributed by atoms with E-state index in [0.717, 1.165) is 18.2 Å². The molecule has 0 atom stereocenters. The topological polar surface area (TPSA) is 70.6 Å². The summed E-state index contributed by atoms with van der Waals surface area (Å²) in [6.07, 6.45) is -0.242. The van der Waals surface area contributed by atoms with Crippen LogP contribution in [0.1, 0.15) is 23.7 Å². The third kappa shape index (κ3) is 5.17. The maximum atomic E-state index is 13.5. The standard InChI is InChI=1S/C17H14F3N3O2/c1-10(22-23-17(25)12-4-2-3-5-13(12)19)8-16(24)21-15-7-6-11(18)9-14(15)20/h2-7,9H,8H2,1H3,(H,21,24)(H,23,25)/b22-10+. The zero-order chi connectivity index (χ0) is 18.4. The summed E-state index contributed by atoms with van der Waals surface area (Å²) in [5.41, 5.74) is 1.99. The summed E-state index contributed by atoms with van der Waals surface area (Å²) < 4.78 is 39.7. The molecule has 130 valence electrons. The molecule has 0 bridgehead atoms. The van der Waals surface area contributed by atoms with Crippen molar-refractivity contribution in [2.24, 2.45) is 5.10 Å². The highest BCUT2D eigenvalue weighted by atomic mass is 19.1. The second-order valence-electron chi connectivity index (χ2n) is 5.12. The highest BCUT2D eigenvalue weighted by molar-refractivity contribution is 6.06. The van der Waals surface area contributed by atoms with Crippen LogP contribution in [0.15, 0.2) is 47.6 Å². The Kier molecular flexibility index (Phi) is 5.89. The maximum absolute atomic E-state index is 13.5. The van der Waals surface area contributed by atoms with Gasteiger partial charge in [0, 0.05) is 11.8 Å². The number of hydrogen-bond donors (Lipinski definition) is 2. The summed E-state index contributed by atoms with van der Waals surface area (Å²) in [7, 11) is 0. The lowest BCUT2D eigenvalue weighted by molar-refractivity contribution is -0.115. The summed E-state index contributed by atoms with van der Waals surface area (Å²) >= 11 is 0. The Labute approximate surface area is 141 Å². The number of amides is 2. The number of rotatable bonds is 5. The molecule has 0 fully saturated rings. The van der Waals surface area contributed by atoms with Crippen molar-refractivity contribution in [1.82, 2.24) is 5.43 Å². The predicted octanol–water partition coefficient (Wildman–Crippen LogP) is 3.24. The summed E-state index contributed by atoms with van der Waals surface area (Å²) in [6, 6.07) is 8.11.